The molecule has 1 aromatic heterocycles. The Bertz CT molecular complexity index is 384. The summed E-state index contributed by atoms with van der Waals surface area (Å²) in [6.45, 7) is 12.2. The predicted octanol–water partition coefficient (Wildman–Crippen LogP) is 2.96. The van der Waals surface area contributed by atoms with Gasteiger partial charge in [0.25, 0.3) is 5.88 Å². The number of ether oxygens (including phenoxy) is 1. The van der Waals surface area contributed by atoms with E-state index in [2.05, 4.69) is 39.0 Å². The summed E-state index contributed by atoms with van der Waals surface area (Å²) in [6, 6.07) is 1.59. The van der Waals surface area contributed by atoms with Crippen molar-refractivity contribution in [1.82, 2.24) is 5.16 Å². The quantitative estimate of drug-likeness (QED) is 0.617. The molecule has 5 nitrogen and oxygen atoms in total. The number of aliphatic hydroxyl groups is 1. The molecular formula is C13H25NO4Si. The van der Waals surface area contributed by atoms with Gasteiger partial charge in [0.1, 0.15) is 6.61 Å². The molecule has 0 atom stereocenters. The standard InChI is InChI=1S/C13H25NO4Si/c1-13(2,3)19(4,5)17-8-6-7-16-12-9-11(10-15)18-14-12/h9,15H,6-8,10H2,1-5H3. The topological polar surface area (TPSA) is 64.7 Å². The van der Waals surface area contributed by atoms with Crippen molar-refractivity contribution in [2.75, 3.05) is 13.2 Å². The molecule has 0 saturated carbocycles. The van der Waals surface area contributed by atoms with Crippen LogP contribution in [-0.2, 0) is 11.0 Å². The molecule has 0 amide bonds. The summed E-state index contributed by atoms with van der Waals surface area (Å²) in [6.07, 6.45) is 0.813. The molecule has 19 heavy (non-hydrogen) atoms. The van der Waals surface area contributed by atoms with E-state index in [-0.39, 0.29) is 11.6 Å². The van der Waals surface area contributed by atoms with Crippen LogP contribution in [0, 0.1) is 0 Å². The van der Waals surface area contributed by atoms with E-state index in [0.717, 1.165) is 6.42 Å². The molecule has 0 saturated heterocycles. The second-order valence-electron chi connectivity index (χ2n) is 6.10. The van der Waals surface area contributed by atoms with Gasteiger partial charge in [-0.2, -0.15) is 0 Å². The van der Waals surface area contributed by atoms with Gasteiger partial charge in [0.05, 0.1) is 6.61 Å². The van der Waals surface area contributed by atoms with Crippen LogP contribution < -0.4 is 4.74 Å². The summed E-state index contributed by atoms with van der Waals surface area (Å²) >= 11 is 0. The molecule has 0 fully saturated rings. The van der Waals surface area contributed by atoms with Crippen molar-refractivity contribution in [3.63, 3.8) is 0 Å². The van der Waals surface area contributed by atoms with E-state index in [1.807, 2.05) is 0 Å². The molecule has 1 N–H and O–H groups in total. The maximum absolute atomic E-state index is 8.82. The normalized spacial score (nSPS) is 12.7. The van der Waals surface area contributed by atoms with Gasteiger partial charge in [-0.25, -0.2) is 0 Å². The van der Waals surface area contributed by atoms with Gasteiger partial charge in [-0.15, -0.1) is 0 Å². The molecule has 0 aliphatic carbocycles. The average Bonchev–Trinajstić information content (AvgIpc) is 2.75. The molecule has 0 aromatic carbocycles. The highest BCUT2D eigenvalue weighted by Gasteiger charge is 2.36. The van der Waals surface area contributed by atoms with Gasteiger partial charge < -0.3 is 18.8 Å². The van der Waals surface area contributed by atoms with Crippen molar-refractivity contribution in [2.24, 2.45) is 0 Å². The van der Waals surface area contributed by atoms with Crippen molar-refractivity contribution in [2.45, 2.75) is 51.9 Å². The Hall–Kier alpha value is -0.853. The Morgan fingerprint density at radius 3 is 2.53 bits per heavy atom. The van der Waals surface area contributed by atoms with Gasteiger partial charge in [-0.1, -0.05) is 20.8 Å². The fourth-order valence-corrected chi connectivity index (χ4v) is 2.30. The molecule has 0 bridgehead atoms. The average molecular weight is 287 g/mol. The molecule has 1 heterocycles. The minimum absolute atomic E-state index is 0.162. The zero-order valence-electron chi connectivity index (χ0n) is 12.5. The molecule has 0 aliphatic rings. The third-order valence-corrected chi connectivity index (χ3v) is 8.04. The molecule has 1 aromatic rings. The maximum Gasteiger partial charge on any atom is 0.254 e. The number of nitrogens with zero attached hydrogens (tertiary/aromatic N) is 1. The zero-order valence-corrected chi connectivity index (χ0v) is 13.5. The number of hydrogen-bond donors (Lipinski definition) is 1. The van der Waals surface area contributed by atoms with Crippen LogP contribution in [0.1, 0.15) is 33.0 Å². The van der Waals surface area contributed by atoms with Crippen LogP contribution in [0.5, 0.6) is 5.88 Å². The summed E-state index contributed by atoms with van der Waals surface area (Å²) in [5.74, 6) is 0.823. The fourth-order valence-electron chi connectivity index (χ4n) is 1.22. The SMILES string of the molecule is CC(C)(C)[Si](C)(C)OCCCOc1cc(CO)on1. The summed E-state index contributed by atoms with van der Waals surface area (Å²) in [4.78, 5) is 0. The van der Waals surface area contributed by atoms with E-state index >= 15 is 0 Å². The zero-order chi connectivity index (χ0) is 14.5. The van der Waals surface area contributed by atoms with Crippen LogP contribution in [0.15, 0.2) is 10.6 Å². The van der Waals surface area contributed by atoms with Crippen LogP contribution in [-0.4, -0.2) is 31.8 Å². The van der Waals surface area contributed by atoms with Crippen LogP contribution in [0.4, 0.5) is 0 Å². The highest BCUT2D eigenvalue weighted by molar-refractivity contribution is 6.74. The number of aliphatic hydroxyl groups excluding tert-OH is 1. The first-order valence-electron chi connectivity index (χ1n) is 6.59. The van der Waals surface area contributed by atoms with Crippen molar-refractivity contribution >= 4 is 8.32 Å². The Kier molecular flexibility index (Phi) is 5.58. The van der Waals surface area contributed by atoms with Crippen molar-refractivity contribution < 1.29 is 18.8 Å². The van der Waals surface area contributed by atoms with E-state index in [0.29, 0.717) is 24.9 Å². The lowest BCUT2D eigenvalue weighted by Gasteiger charge is -2.36. The molecule has 0 radical (unpaired) electrons. The number of rotatable bonds is 7. The molecular weight excluding hydrogens is 262 g/mol. The van der Waals surface area contributed by atoms with E-state index in [1.165, 1.54) is 0 Å². The fraction of sp³-hybridized carbons (Fsp3) is 0.769. The van der Waals surface area contributed by atoms with E-state index < -0.39 is 8.32 Å². The number of hydrogen-bond acceptors (Lipinski definition) is 5. The smallest absolute Gasteiger partial charge is 0.254 e. The van der Waals surface area contributed by atoms with E-state index in [9.17, 15) is 0 Å². The first-order valence-corrected chi connectivity index (χ1v) is 9.50. The molecule has 0 aliphatic heterocycles. The van der Waals surface area contributed by atoms with Crippen LogP contribution in [0.2, 0.25) is 18.1 Å². The third kappa shape index (κ3) is 4.97. The Balaban J connectivity index is 2.21. The first kappa shape index (κ1) is 16.2. The summed E-state index contributed by atoms with van der Waals surface area (Å²) in [7, 11) is -1.66. The van der Waals surface area contributed by atoms with Gasteiger partial charge in [0.15, 0.2) is 14.1 Å². The molecule has 0 spiro atoms. The summed E-state index contributed by atoms with van der Waals surface area (Å²) in [5, 5.41) is 12.7. The van der Waals surface area contributed by atoms with Gasteiger partial charge in [0, 0.05) is 19.1 Å². The third-order valence-electron chi connectivity index (χ3n) is 3.50. The highest BCUT2D eigenvalue weighted by atomic mass is 28.4. The number of aromatic nitrogens is 1. The van der Waals surface area contributed by atoms with Gasteiger partial charge in [-0.3, -0.25) is 0 Å². The first-order chi connectivity index (χ1) is 8.76. The van der Waals surface area contributed by atoms with Crippen LogP contribution in [0.25, 0.3) is 0 Å². The van der Waals surface area contributed by atoms with Gasteiger partial charge >= 0.3 is 0 Å². The summed E-state index contributed by atoms with van der Waals surface area (Å²) in [5.41, 5.74) is 0. The Morgan fingerprint density at radius 1 is 1.32 bits per heavy atom. The van der Waals surface area contributed by atoms with Crippen LogP contribution in [0.3, 0.4) is 0 Å². The molecule has 0 unspecified atom stereocenters. The van der Waals surface area contributed by atoms with Crippen LogP contribution >= 0.6 is 0 Å². The lowest BCUT2D eigenvalue weighted by molar-refractivity contribution is 0.211. The van der Waals surface area contributed by atoms with Crippen molar-refractivity contribution in [3.8, 4) is 5.88 Å². The monoisotopic (exact) mass is 287 g/mol. The maximum atomic E-state index is 8.82. The minimum Gasteiger partial charge on any atom is -0.475 e. The Labute approximate surface area is 116 Å². The predicted molar refractivity (Wildman–Crippen MR) is 75.7 cm³/mol. The minimum atomic E-state index is -1.66. The Morgan fingerprint density at radius 2 is 2.00 bits per heavy atom. The van der Waals surface area contributed by atoms with Gasteiger partial charge in [-0.05, 0) is 23.3 Å². The molecule has 1 rings (SSSR count). The highest BCUT2D eigenvalue weighted by Crippen LogP contribution is 2.36. The lowest BCUT2D eigenvalue weighted by atomic mass is 10.2. The second kappa shape index (κ2) is 6.54. The van der Waals surface area contributed by atoms with E-state index in [4.69, 9.17) is 18.8 Å². The van der Waals surface area contributed by atoms with E-state index in [1.54, 1.807) is 6.07 Å². The summed E-state index contributed by atoms with van der Waals surface area (Å²) < 4.78 is 16.3. The van der Waals surface area contributed by atoms with Crippen molar-refractivity contribution in [1.29, 1.82) is 0 Å². The molecule has 6 heteroatoms. The van der Waals surface area contributed by atoms with Gasteiger partial charge in [0.2, 0.25) is 0 Å². The largest absolute Gasteiger partial charge is 0.475 e. The lowest BCUT2D eigenvalue weighted by Crippen LogP contribution is -2.41. The molecule has 110 valence electrons. The second-order valence-corrected chi connectivity index (χ2v) is 10.9. The van der Waals surface area contributed by atoms with Crippen molar-refractivity contribution in [3.05, 3.63) is 11.8 Å².